The number of carbonyl (C=O) groups excluding carboxylic acids is 1. The molecular formula is C13H13NO2. The van der Waals surface area contributed by atoms with E-state index in [-0.39, 0.29) is 17.7 Å². The molecule has 2 aliphatic heterocycles. The number of hydrogen-bond acceptors (Lipinski definition) is 2. The summed E-state index contributed by atoms with van der Waals surface area (Å²) in [5.41, 5.74) is 0.765. The molecule has 2 atom stereocenters. The first-order valence-electron chi connectivity index (χ1n) is 5.40. The number of ether oxygens (including phenoxy) is 1. The van der Waals surface area contributed by atoms with Gasteiger partial charge in [-0.05, 0) is 6.92 Å². The highest BCUT2D eigenvalue weighted by Gasteiger charge is 2.48. The van der Waals surface area contributed by atoms with Crippen LogP contribution in [-0.2, 0) is 9.53 Å². The molecule has 1 saturated heterocycles. The lowest BCUT2D eigenvalue weighted by atomic mass is 10.0. The number of fused-ring (bicyclic) bond motifs is 1. The molecule has 0 radical (unpaired) electrons. The van der Waals surface area contributed by atoms with Crippen LogP contribution in [-0.4, -0.2) is 23.0 Å². The van der Waals surface area contributed by atoms with Gasteiger partial charge in [-0.25, -0.2) is 0 Å². The average molecular weight is 215 g/mol. The van der Waals surface area contributed by atoms with Crippen LogP contribution in [0.3, 0.4) is 0 Å². The van der Waals surface area contributed by atoms with Crippen molar-refractivity contribution in [3.8, 4) is 0 Å². The van der Waals surface area contributed by atoms with Gasteiger partial charge in [0, 0.05) is 11.6 Å². The Bertz CT molecular complexity index is 454. The largest absolute Gasteiger partial charge is 0.351 e. The first kappa shape index (κ1) is 9.60. The normalized spacial score (nSPS) is 32.2. The summed E-state index contributed by atoms with van der Waals surface area (Å²) in [6, 6.07) is 9.86. The fourth-order valence-corrected chi connectivity index (χ4v) is 2.35. The van der Waals surface area contributed by atoms with Crippen LogP contribution in [0.25, 0.3) is 0 Å². The van der Waals surface area contributed by atoms with Crippen LogP contribution in [0, 0.1) is 0 Å². The Morgan fingerprint density at radius 3 is 2.88 bits per heavy atom. The van der Waals surface area contributed by atoms with Gasteiger partial charge in [0.2, 0.25) is 5.91 Å². The Balaban J connectivity index is 1.98. The number of nitrogens with zero attached hydrogens (tertiary/aromatic N) is 1. The summed E-state index contributed by atoms with van der Waals surface area (Å²) in [4.78, 5) is 13.6. The fourth-order valence-electron chi connectivity index (χ4n) is 2.35. The third-order valence-electron chi connectivity index (χ3n) is 3.23. The molecule has 1 fully saturated rings. The minimum atomic E-state index is -0.266. The summed E-state index contributed by atoms with van der Waals surface area (Å²) in [6.45, 7) is 2.59. The van der Waals surface area contributed by atoms with Crippen molar-refractivity contribution in [1.82, 2.24) is 4.90 Å². The third-order valence-corrected chi connectivity index (χ3v) is 3.23. The Morgan fingerprint density at radius 1 is 1.38 bits per heavy atom. The molecule has 1 aromatic rings. The molecule has 0 N–H and O–H groups in total. The van der Waals surface area contributed by atoms with Crippen molar-refractivity contribution in [3.63, 3.8) is 0 Å². The van der Waals surface area contributed by atoms with Crippen LogP contribution in [0.4, 0.5) is 0 Å². The molecule has 0 spiro atoms. The second kappa shape index (κ2) is 3.19. The molecule has 0 saturated carbocycles. The number of hydrogen-bond donors (Lipinski definition) is 0. The van der Waals surface area contributed by atoms with Crippen molar-refractivity contribution in [3.05, 3.63) is 48.0 Å². The molecule has 2 unspecified atom stereocenters. The van der Waals surface area contributed by atoms with Gasteiger partial charge in [0.15, 0.2) is 6.23 Å². The van der Waals surface area contributed by atoms with Crippen molar-refractivity contribution in [1.29, 1.82) is 0 Å². The predicted molar refractivity (Wildman–Crippen MR) is 59.5 cm³/mol. The Labute approximate surface area is 94.3 Å². The molecule has 2 heterocycles. The fraction of sp³-hybridized carbons (Fsp3) is 0.308. The lowest BCUT2D eigenvalue weighted by Crippen LogP contribution is -2.41. The summed E-state index contributed by atoms with van der Waals surface area (Å²) in [5.74, 6) is 0.0360. The van der Waals surface area contributed by atoms with Crippen molar-refractivity contribution in [2.75, 3.05) is 6.61 Å². The van der Waals surface area contributed by atoms with Gasteiger partial charge in [-0.2, -0.15) is 0 Å². The maximum atomic E-state index is 11.8. The molecule has 0 aliphatic carbocycles. The summed E-state index contributed by atoms with van der Waals surface area (Å²) in [5, 5.41) is 0. The Hall–Kier alpha value is -1.61. The van der Waals surface area contributed by atoms with E-state index in [4.69, 9.17) is 4.74 Å². The van der Waals surface area contributed by atoms with Gasteiger partial charge in [-0.1, -0.05) is 36.4 Å². The second-order valence-corrected chi connectivity index (χ2v) is 4.47. The third kappa shape index (κ3) is 1.21. The van der Waals surface area contributed by atoms with E-state index in [1.165, 1.54) is 0 Å². The summed E-state index contributed by atoms with van der Waals surface area (Å²) in [6.07, 6.45) is 3.32. The zero-order chi connectivity index (χ0) is 11.2. The average Bonchev–Trinajstić information content (AvgIpc) is 2.78. The summed E-state index contributed by atoms with van der Waals surface area (Å²) in [7, 11) is 0. The van der Waals surface area contributed by atoms with Crippen molar-refractivity contribution < 1.29 is 9.53 Å². The Kier molecular flexibility index (Phi) is 1.91. The lowest BCUT2D eigenvalue weighted by molar-refractivity contribution is -0.132. The number of rotatable bonds is 1. The SMILES string of the molecule is CC12C=CC(=O)N1C(c1ccccc1)OC2. The minimum absolute atomic E-state index is 0.0360. The van der Waals surface area contributed by atoms with E-state index < -0.39 is 0 Å². The van der Waals surface area contributed by atoms with Gasteiger partial charge in [0.05, 0.1) is 12.1 Å². The molecule has 3 rings (SSSR count). The van der Waals surface area contributed by atoms with Crippen LogP contribution >= 0.6 is 0 Å². The molecule has 3 nitrogen and oxygen atoms in total. The molecule has 1 amide bonds. The van der Waals surface area contributed by atoms with Crippen LogP contribution in [0.15, 0.2) is 42.5 Å². The standard InChI is InChI=1S/C13H13NO2/c1-13-8-7-11(15)14(13)12(16-9-13)10-5-3-2-4-6-10/h2-8,12H,9H2,1H3. The maximum Gasteiger partial charge on any atom is 0.249 e. The van der Waals surface area contributed by atoms with Crippen molar-refractivity contribution in [2.45, 2.75) is 18.7 Å². The molecule has 0 bridgehead atoms. The van der Waals surface area contributed by atoms with E-state index >= 15 is 0 Å². The quantitative estimate of drug-likeness (QED) is 0.715. The molecule has 0 aromatic heterocycles. The molecule has 82 valence electrons. The highest BCUT2D eigenvalue weighted by Crippen LogP contribution is 2.40. The van der Waals surface area contributed by atoms with Gasteiger partial charge in [-0.3, -0.25) is 9.69 Å². The van der Waals surface area contributed by atoms with Gasteiger partial charge in [-0.15, -0.1) is 0 Å². The Morgan fingerprint density at radius 2 is 2.12 bits per heavy atom. The van der Waals surface area contributed by atoms with E-state index in [1.807, 2.05) is 48.2 Å². The highest BCUT2D eigenvalue weighted by molar-refractivity contribution is 5.92. The van der Waals surface area contributed by atoms with E-state index in [0.717, 1.165) is 5.56 Å². The number of amides is 1. The van der Waals surface area contributed by atoms with E-state index in [0.29, 0.717) is 6.61 Å². The molecule has 2 aliphatic rings. The molecule has 3 heteroatoms. The van der Waals surface area contributed by atoms with Gasteiger partial charge < -0.3 is 4.74 Å². The number of carbonyl (C=O) groups is 1. The van der Waals surface area contributed by atoms with E-state index in [9.17, 15) is 4.79 Å². The van der Waals surface area contributed by atoms with Crippen LogP contribution in [0.5, 0.6) is 0 Å². The number of benzene rings is 1. The first-order valence-corrected chi connectivity index (χ1v) is 5.40. The maximum absolute atomic E-state index is 11.8. The summed E-state index contributed by atoms with van der Waals surface area (Å²) < 4.78 is 5.73. The van der Waals surface area contributed by atoms with Gasteiger partial charge in [0.1, 0.15) is 0 Å². The second-order valence-electron chi connectivity index (χ2n) is 4.47. The van der Waals surface area contributed by atoms with Crippen LogP contribution in [0.2, 0.25) is 0 Å². The zero-order valence-corrected chi connectivity index (χ0v) is 9.09. The molecular weight excluding hydrogens is 202 g/mol. The first-order chi connectivity index (χ1) is 7.71. The van der Waals surface area contributed by atoms with Gasteiger partial charge >= 0.3 is 0 Å². The molecule has 1 aromatic carbocycles. The monoisotopic (exact) mass is 215 g/mol. The topological polar surface area (TPSA) is 29.5 Å². The molecule has 16 heavy (non-hydrogen) atoms. The highest BCUT2D eigenvalue weighted by atomic mass is 16.5. The smallest absolute Gasteiger partial charge is 0.249 e. The van der Waals surface area contributed by atoms with E-state index in [2.05, 4.69) is 0 Å². The lowest BCUT2D eigenvalue weighted by Gasteiger charge is -2.28. The van der Waals surface area contributed by atoms with Crippen LogP contribution < -0.4 is 0 Å². The van der Waals surface area contributed by atoms with Gasteiger partial charge in [0.25, 0.3) is 0 Å². The van der Waals surface area contributed by atoms with Crippen molar-refractivity contribution >= 4 is 5.91 Å². The van der Waals surface area contributed by atoms with Crippen molar-refractivity contribution in [2.24, 2.45) is 0 Å². The van der Waals surface area contributed by atoms with E-state index in [1.54, 1.807) is 6.08 Å². The minimum Gasteiger partial charge on any atom is -0.351 e. The predicted octanol–water partition coefficient (Wildman–Crippen LogP) is 1.87. The van der Waals surface area contributed by atoms with Crippen LogP contribution in [0.1, 0.15) is 18.7 Å². The summed E-state index contributed by atoms with van der Waals surface area (Å²) >= 11 is 0. The zero-order valence-electron chi connectivity index (χ0n) is 9.09.